The zero-order chi connectivity index (χ0) is 15.5. The Bertz CT molecular complexity index is 619. The minimum Gasteiger partial charge on any atom is -0.290 e. The molecule has 0 saturated carbocycles. The predicted molar refractivity (Wildman–Crippen MR) is 84.5 cm³/mol. The van der Waals surface area contributed by atoms with E-state index in [2.05, 4.69) is 5.43 Å². The number of carbonyl (C=O) groups is 1. The van der Waals surface area contributed by atoms with Gasteiger partial charge in [-0.1, -0.05) is 12.1 Å². The Morgan fingerprint density at radius 3 is 2.95 bits per heavy atom. The first-order valence-corrected chi connectivity index (χ1v) is 9.63. The Balaban J connectivity index is 2.18. The number of nitrogen functional groups attached to an aromatic ring is 1. The van der Waals surface area contributed by atoms with Crippen molar-refractivity contribution in [1.29, 1.82) is 0 Å². The number of hydrogen-bond donors (Lipinski definition) is 2. The summed E-state index contributed by atoms with van der Waals surface area (Å²) in [6.45, 7) is 1.22. The maximum absolute atomic E-state index is 11.9. The normalized spacial score (nSPS) is 20.2. The Hall–Kier alpha value is -1.09. The summed E-state index contributed by atoms with van der Waals surface area (Å²) in [5.74, 6) is 6.27. The number of nitrogens with two attached hydrogens (primary N) is 1. The van der Waals surface area contributed by atoms with Crippen molar-refractivity contribution >= 4 is 27.5 Å². The maximum atomic E-state index is 11.9. The summed E-state index contributed by atoms with van der Waals surface area (Å²) in [6.07, 6.45) is 1.27. The van der Waals surface area contributed by atoms with E-state index in [0.29, 0.717) is 17.9 Å². The number of hydrazine groups is 1. The summed E-state index contributed by atoms with van der Waals surface area (Å²) in [6, 6.07) is 7.07. The van der Waals surface area contributed by atoms with Crippen LogP contribution in [0.3, 0.4) is 0 Å². The van der Waals surface area contributed by atoms with Gasteiger partial charge in [0.05, 0.1) is 0 Å². The van der Waals surface area contributed by atoms with Gasteiger partial charge in [-0.05, 0) is 17.7 Å². The zero-order valence-corrected chi connectivity index (χ0v) is 13.4. The Kier molecular flexibility index (Phi) is 5.26. The molecule has 1 aromatic rings. The number of thioether (sulfide) groups is 1. The van der Waals surface area contributed by atoms with E-state index >= 15 is 0 Å². The van der Waals surface area contributed by atoms with E-state index in [4.69, 9.17) is 5.84 Å². The molecule has 6 nitrogen and oxygen atoms in total. The summed E-state index contributed by atoms with van der Waals surface area (Å²) in [4.78, 5) is 13.5. The maximum Gasteiger partial charge on any atom is 0.265 e. The second-order valence-corrected chi connectivity index (χ2v) is 8.36. The topological polar surface area (TPSA) is 92.5 Å². The van der Waals surface area contributed by atoms with E-state index in [1.807, 2.05) is 11.0 Å². The van der Waals surface area contributed by atoms with E-state index in [0.717, 1.165) is 17.9 Å². The van der Waals surface area contributed by atoms with Crippen LogP contribution in [0.2, 0.25) is 0 Å². The summed E-state index contributed by atoms with van der Waals surface area (Å²) < 4.78 is 23.7. The van der Waals surface area contributed by atoms with Crippen LogP contribution in [-0.4, -0.2) is 48.9 Å². The van der Waals surface area contributed by atoms with E-state index in [9.17, 15) is 13.2 Å². The molecule has 3 N–H and O–H groups in total. The molecule has 2 rings (SSSR count). The van der Waals surface area contributed by atoms with Crippen LogP contribution in [-0.2, 0) is 16.4 Å². The number of sulfone groups is 1. The molecule has 1 aliphatic rings. The lowest BCUT2D eigenvalue weighted by Crippen LogP contribution is -2.46. The molecular formula is C13H19N3O3S2. The molecule has 1 aromatic carbocycles. The Morgan fingerprint density at radius 2 is 2.29 bits per heavy atom. The highest BCUT2D eigenvalue weighted by molar-refractivity contribution is 8.00. The smallest absolute Gasteiger partial charge is 0.265 e. The molecule has 21 heavy (non-hydrogen) atoms. The van der Waals surface area contributed by atoms with Gasteiger partial charge in [0.15, 0.2) is 9.84 Å². The molecular weight excluding hydrogens is 310 g/mol. The van der Waals surface area contributed by atoms with E-state index < -0.39 is 15.2 Å². The number of benzene rings is 1. The SMILES string of the molecule is CS(=O)(=O)C1CSCCN1Cc1cccc(C(=O)NN)c1. The van der Waals surface area contributed by atoms with Gasteiger partial charge >= 0.3 is 0 Å². The van der Waals surface area contributed by atoms with Crippen LogP contribution < -0.4 is 11.3 Å². The van der Waals surface area contributed by atoms with Crippen molar-refractivity contribution in [1.82, 2.24) is 10.3 Å². The third kappa shape index (κ3) is 4.19. The number of nitrogens with one attached hydrogen (secondary N) is 1. The Morgan fingerprint density at radius 1 is 1.52 bits per heavy atom. The Labute approximate surface area is 129 Å². The van der Waals surface area contributed by atoms with Gasteiger partial charge in [0.25, 0.3) is 5.91 Å². The fourth-order valence-electron chi connectivity index (χ4n) is 2.32. The molecule has 116 valence electrons. The fraction of sp³-hybridized carbons (Fsp3) is 0.462. The number of hydrogen-bond acceptors (Lipinski definition) is 6. The lowest BCUT2D eigenvalue weighted by atomic mass is 10.1. The molecule has 1 unspecified atom stereocenters. The highest BCUT2D eigenvalue weighted by atomic mass is 32.2. The minimum absolute atomic E-state index is 0.356. The summed E-state index contributed by atoms with van der Waals surface area (Å²) in [7, 11) is -3.12. The zero-order valence-electron chi connectivity index (χ0n) is 11.8. The number of amides is 1. The van der Waals surface area contributed by atoms with Crippen molar-refractivity contribution in [2.75, 3.05) is 24.3 Å². The van der Waals surface area contributed by atoms with Crippen molar-refractivity contribution in [3.63, 3.8) is 0 Å². The van der Waals surface area contributed by atoms with Crippen LogP contribution in [0.5, 0.6) is 0 Å². The van der Waals surface area contributed by atoms with Gasteiger partial charge in [-0.25, -0.2) is 14.3 Å². The lowest BCUT2D eigenvalue weighted by molar-refractivity contribution is 0.0953. The summed E-state index contributed by atoms with van der Waals surface area (Å²) >= 11 is 1.65. The molecule has 8 heteroatoms. The second kappa shape index (κ2) is 6.78. The van der Waals surface area contributed by atoms with Crippen LogP contribution in [0.4, 0.5) is 0 Å². The molecule has 1 aliphatic heterocycles. The van der Waals surface area contributed by atoms with Gasteiger partial charge in [0.1, 0.15) is 5.37 Å². The molecule has 0 aliphatic carbocycles. The highest BCUT2D eigenvalue weighted by Gasteiger charge is 2.30. The van der Waals surface area contributed by atoms with Gasteiger partial charge in [-0.2, -0.15) is 11.8 Å². The van der Waals surface area contributed by atoms with E-state index in [-0.39, 0.29) is 5.91 Å². The van der Waals surface area contributed by atoms with Crippen molar-refractivity contribution in [3.05, 3.63) is 35.4 Å². The quantitative estimate of drug-likeness (QED) is 0.466. The number of rotatable bonds is 4. The molecule has 0 aromatic heterocycles. The molecule has 0 radical (unpaired) electrons. The second-order valence-electron chi connectivity index (χ2n) is 5.00. The molecule has 1 amide bonds. The lowest BCUT2D eigenvalue weighted by Gasteiger charge is -2.34. The van der Waals surface area contributed by atoms with Crippen LogP contribution in [0.25, 0.3) is 0 Å². The van der Waals surface area contributed by atoms with Crippen molar-refractivity contribution in [3.8, 4) is 0 Å². The summed E-state index contributed by atoms with van der Waals surface area (Å²) in [5.41, 5.74) is 3.46. The average molecular weight is 329 g/mol. The van der Waals surface area contributed by atoms with Crippen molar-refractivity contribution in [2.24, 2.45) is 5.84 Å². The first-order chi connectivity index (χ1) is 9.91. The standard InChI is InChI=1S/C13H19N3O3S2/c1-21(18,19)12-9-20-6-5-16(12)8-10-3-2-4-11(7-10)13(17)15-14/h2-4,7,12H,5-6,8-9,14H2,1H3,(H,15,17). The number of nitrogens with zero attached hydrogens (tertiary/aromatic N) is 1. The number of carbonyl (C=O) groups excluding carboxylic acids is 1. The average Bonchev–Trinajstić information content (AvgIpc) is 2.46. The highest BCUT2D eigenvalue weighted by Crippen LogP contribution is 2.22. The first-order valence-electron chi connectivity index (χ1n) is 6.52. The van der Waals surface area contributed by atoms with Gasteiger partial charge in [-0.15, -0.1) is 0 Å². The van der Waals surface area contributed by atoms with E-state index in [1.165, 1.54) is 6.26 Å². The molecule has 1 atom stereocenters. The van der Waals surface area contributed by atoms with Crippen molar-refractivity contribution < 1.29 is 13.2 Å². The monoisotopic (exact) mass is 329 g/mol. The predicted octanol–water partition coefficient (Wildman–Crippen LogP) is 0.210. The minimum atomic E-state index is -3.12. The molecule has 1 saturated heterocycles. The van der Waals surface area contributed by atoms with Crippen LogP contribution in [0, 0.1) is 0 Å². The third-order valence-electron chi connectivity index (χ3n) is 3.39. The largest absolute Gasteiger partial charge is 0.290 e. The van der Waals surface area contributed by atoms with Gasteiger partial charge in [0, 0.05) is 36.4 Å². The molecule has 0 bridgehead atoms. The molecule has 0 spiro atoms. The molecule has 1 fully saturated rings. The molecule has 1 heterocycles. The third-order valence-corrected chi connectivity index (χ3v) is 6.08. The first kappa shape index (κ1) is 16.3. The van der Waals surface area contributed by atoms with Crippen LogP contribution in [0.1, 0.15) is 15.9 Å². The van der Waals surface area contributed by atoms with Crippen molar-refractivity contribution in [2.45, 2.75) is 11.9 Å². The van der Waals surface area contributed by atoms with Gasteiger partial charge in [0.2, 0.25) is 0 Å². The van der Waals surface area contributed by atoms with Crippen LogP contribution >= 0.6 is 11.8 Å². The van der Waals surface area contributed by atoms with Gasteiger partial charge in [-0.3, -0.25) is 15.1 Å². The summed E-state index contributed by atoms with van der Waals surface area (Å²) in [5, 5.41) is -0.469. The van der Waals surface area contributed by atoms with E-state index in [1.54, 1.807) is 30.0 Å². The van der Waals surface area contributed by atoms with Crippen LogP contribution in [0.15, 0.2) is 24.3 Å². The fourth-order valence-corrected chi connectivity index (χ4v) is 5.26. The van der Waals surface area contributed by atoms with Gasteiger partial charge < -0.3 is 0 Å².